The number of nitrogens with one attached hydrogen (secondary N) is 1. The molecule has 5 atom stereocenters. The van der Waals surface area contributed by atoms with E-state index in [1.165, 1.54) is 35.4 Å². The first-order valence-corrected chi connectivity index (χ1v) is 14.0. The summed E-state index contributed by atoms with van der Waals surface area (Å²) < 4.78 is 29.0. The Balaban J connectivity index is 1.21. The molecule has 0 spiro atoms. The van der Waals surface area contributed by atoms with E-state index in [2.05, 4.69) is 18.3 Å². The van der Waals surface area contributed by atoms with Crippen molar-refractivity contribution in [3.05, 3.63) is 59.2 Å². The molecule has 0 heterocycles. The van der Waals surface area contributed by atoms with Crippen LogP contribution < -0.4 is 10.5 Å². The summed E-state index contributed by atoms with van der Waals surface area (Å²) in [6.07, 6.45) is 5.65. The molecule has 5 rings (SSSR count). The lowest BCUT2D eigenvalue weighted by molar-refractivity contribution is -0.156. The van der Waals surface area contributed by atoms with Crippen molar-refractivity contribution >= 4 is 21.9 Å². The number of benzene rings is 2. The number of fused-ring (bicyclic) bond motifs is 5. The van der Waals surface area contributed by atoms with Crippen molar-refractivity contribution in [2.45, 2.75) is 62.4 Å². The first-order chi connectivity index (χ1) is 17.1. The van der Waals surface area contributed by atoms with Gasteiger partial charge in [-0.25, -0.2) is 13.6 Å². The Morgan fingerprint density at radius 1 is 1.14 bits per heavy atom. The van der Waals surface area contributed by atoms with Gasteiger partial charge in [-0.3, -0.25) is 9.59 Å². The van der Waals surface area contributed by atoms with E-state index in [-0.39, 0.29) is 28.5 Å². The molecule has 0 bridgehead atoms. The first kappa shape index (κ1) is 24.8. The van der Waals surface area contributed by atoms with Crippen molar-refractivity contribution in [2.24, 2.45) is 22.4 Å². The van der Waals surface area contributed by atoms with Gasteiger partial charge >= 0.3 is 5.97 Å². The SMILES string of the molecule is CC12CCC3c4ccc(O)cc4CCC3C1CCC2OC(=O)CNC(=O)c1cccc(S(N)(=O)=O)c1. The number of carbonyl (C=O) groups is 2. The van der Waals surface area contributed by atoms with Crippen LogP contribution >= 0.6 is 0 Å². The largest absolute Gasteiger partial charge is 0.508 e. The van der Waals surface area contributed by atoms with Gasteiger partial charge in [0.15, 0.2) is 0 Å². The number of hydrogen-bond donors (Lipinski definition) is 3. The standard InChI is InChI=1S/C27H32N2O6S/c1-27-12-11-21-20-8-6-18(30)13-16(20)5-7-22(21)23(27)9-10-24(27)35-25(31)15-29-26(32)17-3-2-4-19(14-17)36(28,33)34/h2-4,6,8,13-14,21-24,30H,5,7,9-12,15H2,1H3,(H,29,32)(H2,28,33,34). The molecular formula is C27H32N2O6S. The van der Waals surface area contributed by atoms with Crippen molar-refractivity contribution in [1.82, 2.24) is 5.32 Å². The van der Waals surface area contributed by atoms with E-state index in [1.54, 1.807) is 6.07 Å². The summed E-state index contributed by atoms with van der Waals surface area (Å²) in [5.41, 5.74) is 2.62. The smallest absolute Gasteiger partial charge is 0.325 e. The number of phenols is 1. The number of nitrogens with two attached hydrogens (primary N) is 1. The number of aryl methyl sites for hydroxylation is 1. The van der Waals surface area contributed by atoms with Crippen LogP contribution in [0.2, 0.25) is 0 Å². The Morgan fingerprint density at radius 2 is 1.94 bits per heavy atom. The molecule has 5 unspecified atom stereocenters. The van der Waals surface area contributed by atoms with Crippen LogP contribution in [0.3, 0.4) is 0 Å². The lowest BCUT2D eigenvalue weighted by Gasteiger charge is -2.50. The summed E-state index contributed by atoms with van der Waals surface area (Å²) in [5, 5.41) is 17.5. The molecule has 3 aliphatic carbocycles. The van der Waals surface area contributed by atoms with Gasteiger partial charge in [-0.15, -0.1) is 0 Å². The van der Waals surface area contributed by atoms with Crippen molar-refractivity contribution < 1.29 is 27.9 Å². The minimum atomic E-state index is -3.93. The predicted octanol–water partition coefficient (Wildman–Crippen LogP) is 3.24. The fourth-order valence-electron chi connectivity index (χ4n) is 6.98. The minimum Gasteiger partial charge on any atom is -0.508 e. The number of aromatic hydroxyl groups is 1. The molecule has 3 aliphatic rings. The second-order valence-electron chi connectivity index (χ2n) is 10.7. The van der Waals surface area contributed by atoms with E-state index in [1.807, 2.05) is 6.07 Å². The highest BCUT2D eigenvalue weighted by molar-refractivity contribution is 7.89. The molecular weight excluding hydrogens is 480 g/mol. The first-order valence-electron chi connectivity index (χ1n) is 12.5. The fraction of sp³-hybridized carbons (Fsp3) is 0.481. The van der Waals surface area contributed by atoms with Gasteiger partial charge in [0.1, 0.15) is 18.4 Å². The third-order valence-corrected chi connectivity index (χ3v) is 9.63. The molecule has 9 heteroatoms. The zero-order valence-corrected chi connectivity index (χ0v) is 21.1. The zero-order chi connectivity index (χ0) is 25.7. The molecule has 36 heavy (non-hydrogen) atoms. The molecule has 0 aliphatic heterocycles. The maximum Gasteiger partial charge on any atom is 0.325 e. The maximum absolute atomic E-state index is 12.7. The Kier molecular flexibility index (Phi) is 6.32. The van der Waals surface area contributed by atoms with Crippen molar-refractivity contribution in [3.8, 4) is 5.75 Å². The number of rotatable bonds is 5. The summed E-state index contributed by atoms with van der Waals surface area (Å²) in [6.45, 7) is 1.95. The Labute approximate surface area is 211 Å². The van der Waals surface area contributed by atoms with E-state index in [0.29, 0.717) is 23.5 Å². The topological polar surface area (TPSA) is 136 Å². The number of primary sulfonamides is 1. The van der Waals surface area contributed by atoms with Crippen LogP contribution in [0.5, 0.6) is 5.75 Å². The molecule has 2 saturated carbocycles. The molecule has 1 amide bonds. The Bertz CT molecular complexity index is 1310. The highest BCUT2D eigenvalue weighted by Gasteiger charge is 2.56. The molecule has 8 nitrogen and oxygen atoms in total. The van der Waals surface area contributed by atoms with Crippen LogP contribution in [-0.2, 0) is 26.0 Å². The summed E-state index contributed by atoms with van der Waals surface area (Å²) in [4.78, 5) is 25.0. The number of hydrogen-bond acceptors (Lipinski definition) is 6. The molecule has 2 fully saturated rings. The number of sulfonamides is 1. The molecule has 2 aromatic carbocycles. The van der Waals surface area contributed by atoms with Crippen molar-refractivity contribution in [3.63, 3.8) is 0 Å². The molecule has 0 aromatic heterocycles. The van der Waals surface area contributed by atoms with Crippen molar-refractivity contribution in [1.29, 1.82) is 0 Å². The molecule has 192 valence electrons. The van der Waals surface area contributed by atoms with E-state index >= 15 is 0 Å². The van der Waals surface area contributed by atoms with E-state index in [4.69, 9.17) is 9.88 Å². The van der Waals surface area contributed by atoms with Gasteiger partial charge in [-0.2, -0.15) is 0 Å². The Hall–Kier alpha value is -2.91. The monoisotopic (exact) mass is 512 g/mol. The molecule has 4 N–H and O–H groups in total. The minimum absolute atomic E-state index is 0.0981. The Morgan fingerprint density at radius 3 is 2.72 bits per heavy atom. The third kappa shape index (κ3) is 4.50. The van der Waals surface area contributed by atoms with Gasteiger partial charge in [-0.05, 0) is 97.7 Å². The van der Waals surface area contributed by atoms with Gasteiger partial charge in [0.25, 0.3) is 5.91 Å². The lowest BCUT2D eigenvalue weighted by atomic mass is 9.55. The summed E-state index contributed by atoms with van der Waals surface area (Å²) >= 11 is 0. The summed E-state index contributed by atoms with van der Waals surface area (Å²) in [5.74, 6) is 0.741. The van der Waals surface area contributed by atoms with Crippen LogP contribution in [0.1, 0.15) is 66.4 Å². The van der Waals surface area contributed by atoms with Gasteiger partial charge in [0.2, 0.25) is 10.0 Å². The predicted molar refractivity (Wildman–Crippen MR) is 133 cm³/mol. The second-order valence-corrected chi connectivity index (χ2v) is 12.2. The third-order valence-electron chi connectivity index (χ3n) is 8.71. The van der Waals surface area contributed by atoms with Crippen LogP contribution in [0.4, 0.5) is 0 Å². The quantitative estimate of drug-likeness (QED) is 0.526. The van der Waals surface area contributed by atoms with Gasteiger partial charge < -0.3 is 15.2 Å². The average Bonchev–Trinajstić information content (AvgIpc) is 3.17. The number of esters is 1. The fourth-order valence-corrected chi connectivity index (χ4v) is 7.54. The normalized spacial score (nSPS) is 28.9. The zero-order valence-electron chi connectivity index (χ0n) is 20.3. The van der Waals surface area contributed by atoms with Gasteiger partial charge in [0, 0.05) is 11.0 Å². The van der Waals surface area contributed by atoms with E-state index in [9.17, 15) is 23.1 Å². The summed E-state index contributed by atoms with van der Waals surface area (Å²) in [6, 6.07) is 11.1. The summed E-state index contributed by atoms with van der Waals surface area (Å²) in [7, 11) is -3.93. The number of ether oxygens (including phenoxy) is 1. The number of carbonyl (C=O) groups excluding carboxylic acids is 2. The highest BCUT2D eigenvalue weighted by atomic mass is 32.2. The van der Waals surface area contributed by atoms with Crippen LogP contribution in [0.15, 0.2) is 47.4 Å². The average molecular weight is 513 g/mol. The van der Waals surface area contributed by atoms with Crippen LogP contribution in [0, 0.1) is 17.3 Å². The second kappa shape index (κ2) is 9.19. The molecule has 0 radical (unpaired) electrons. The van der Waals surface area contributed by atoms with Gasteiger partial charge in [-0.1, -0.05) is 19.1 Å². The number of phenolic OH excluding ortho intramolecular Hbond substituents is 1. The van der Waals surface area contributed by atoms with Crippen LogP contribution in [-0.4, -0.2) is 38.0 Å². The van der Waals surface area contributed by atoms with Gasteiger partial charge in [0.05, 0.1) is 4.90 Å². The van der Waals surface area contributed by atoms with E-state index in [0.717, 1.165) is 38.5 Å². The lowest BCUT2D eigenvalue weighted by Crippen LogP contribution is -2.45. The van der Waals surface area contributed by atoms with E-state index < -0.39 is 21.9 Å². The molecule has 0 saturated heterocycles. The number of amides is 1. The van der Waals surface area contributed by atoms with Crippen LogP contribution in [0.25, 0.3) is 0 Å². The van der Waals surface area contributed by atoms with Crippen molar-refractivity contribution in [2.75, 3.05) is 6.54 Å². The maximum atomic E-state index is 12.7. The highest BCUT2D eigenvalue weighted by Crippen LogP contribution is 2.61. The molecule has 2 aromatic rings.